The van der Waals surface area contributed by atoms with Gasteiger partial charge >= 0.3 is 6.09 Å². The third-order valence-electron chi connectivity index (χ3n) is 5.07. The predicted molar refractivity (Wildman–Crippen MR) is 112 cm³/mol. The first kappa shape index (κ1) is 22.1. The third kappa shape index (κ3) is 5.50. The standard InChI is InChI=1S/C22H30FN3O4/c1-15-17-14-16(23)6-7-18(17)29-19(15)20(27)24-8-5-9-25-10-12-26(13-11-25)21(28)30-22(2,3)4/h6-7,14H,5,8-13H2,1-4H3,(H,24,27). The molecule has 2 aromatic rings. The van der Waals surface area contributed by atoms with E-state index in [2.05, 4.69) is 10.2 Å². The molecule has 7 nitrogen and oxygen atoms in total. The van der Waals surface area contributed by atoms with Crippen molar-refractivity contribution < 1.29 is 23.1 Å². The van der Waals surface area contributed by atoms with Crippen LogP contribution in [-0.2, 0) is 4.74 Å². The first-order valence-corrected chi connectivity index (χ1v) is 10.3. The maximum Gasteiger partial charge on any atom is 0.410 e. The minimum absolute atomic E-state index is 0.224. The van der Waals surface area contributed by atoms with Crippen molar-refractivity contribution in [1.29, 1.82) is 0 Å². The van der Waals surface area contributed by atoms with Crippen LogP contribution in [0.2, 0.25) is 0 Å². The van der Waals surface area contributed by atoms with Gasteiger partial charge in [-0.15, -0.1) is 0 Å². The van der Waals surface area contributed by atoms with Crippen LogP contribution in [0, 0.1) is 12.7 Å². The number of nitrogens with one attached hydrogen (secondary N) is 1. The van der Waals surface area contributed by atoms with E-state index in [-0.39, 0.29) is 23.6 Å². The number of furan rings is 1. The van der Waals surface area contributed by atoms with E-state index < -0.39 is 5.60 Å². The van der Waals surface area contributed by atoms with Gasteiger partial charge in [0.15, 0.2) is 5.76 Å². The summed E-state index contributed by atoms with van der Waals surface area (Å²) in [5.74, 6) is -0.425. The Balaban J connectivity index is 1.40. The van der Waals surface area contributed by atoms with E-state index in [1.54, 1.807) is 11.8 Å². The minimum atomic E-state index is -0.487. The van der Waals surface area contributed by atoms with Gasteiger partial charge in [0.05, 0.1) is 0 Å². The van der Waals surface area contributed by atoms with Gasteiger partial charge in [0.2, 0.25) is 0 Å². The molecule has 8 heteroatoms. The summed E-state index contributed by atoms with van der Waals surface area (Å²) in [4.78, 5) is 28.5. The molecule has 30 heavy (non-hydrogen) atoms. The average Bonchev–Trinajstić information content (AvgIpc) is 3.00. The Morgan fingerprint density at radius 2 is 1.90 bits per heavy atom. The molecule has 0 bridgehead atoms. The molecule has 164 valence electrons. The third-order valence-corrected chi connectivity index (χ3v) is 5.07. The molecule has 1 aromatic carbocycles. The van der Waals surface area contributed by atoms with Gasteiger partial charge in [0.25, 0.3) is 5.91 Å². The smallest absolute Gasteiger partial charge is 0.410 e. The molecule has 1 aliphatic heterocycles. The molecular weight excluding hydrogens is 389 g/mol. The van der Waals surface area contributed by atoms with Crippen molar-refractivity contribution in [3.05, 3.63) is 35.3 Å². The van der Waals surface area contributed by atoms with Crippen LogP contribution in [-0.4, -0.2) is 66.7 Å². The van der Waals surface area contributed by atoms with Crippen LogP contribution in [0.5, 0.6) is 0 Å². The van der Waals surface area contributed by atoms with Crippen molar-refractivity contribution in [2.45, 2.75) is 39.7 Å². The SMILES string of the molecule is Cc1c(C(=O)NCCCN2CCN(C(=O)OC(C)(C)C)CC2)oc2ccc(F)cc12. The lowest BCUT2D eigenvalue weighted by atomic mass is 10.1. The number of piperazine rings is 1. The lowest BCUT2D eigenvalue weighted by Gasteiger charge is -2.35. The molecule has 0 spiro atoms. The molecule has 1 saturated heterocycles. The minimum Gasteiger partial charge on any atom is -0.451 e. The Morgan fingerprint density at radius 3 is 2.57 bits per heavy atom. The van der Waals surface area contributed by atoms with Gasteiger partial charge in [-0.2, -0.15) is 0 Å². The number of hydrogen-bond donors (Lipinski definition) is 1. The van der Waals surface area contributed by atoms with E-state index >= 15 is 0 Å². The fourth-order valence-corrected chi connectivity index (χ4v) is 3.48. The summed E-state index contributed by atoms with van der Waals surface area (Å²) < 4.78 is 24.4. The maximum absolute atomic E-state index is 13.4. The highest BCUT2D eigenvalue weighted by Gasteiger charge is 2.25. The highest BCUT2D eigenvalue weighted by Crippen LogP contribution is 2.25. The molecule has 1 fully saturated rings. The van der Waals surface area contributed by atoms with Gasteiger partial charge in [-0.1, -0.05) is 0 Å². The van der Waals surface area contributed by atoms with Crippen LogP contribution >= 0.6 is 0 Å². The summed E-state index contributed by atoms with van der Waals surface area (Å²) in [7, 11) is 0. The number of carbonyl (C=O) groups excluding carboxylic acids is 2. The van der Waals surface area contributed by atoms with E-state index in [1.807, 2.05) is 20.8 Å². The first-order chi connectivity index (χ1) is 14.1. The Kier molecular flexibility index (Phi) is 6.65. The normalized spacial score (nSPS) is 15.4. The molecule has 2 amide bonds. The second-order valence-corrected chi connectivity index (χ2v) is 8.62. The van der Waals surface area contributed by atoms with Crippen LogP contribution < -0.4 is 5.32 Å². The van der Waals surface area contributed by atoms with Crippen molar-refractivity contribution >= 4 is 23.0 Å². The number of ether oxygens (including phenoxy) is 1. The predicted octanol–water partition coefficient (Wildman–Crippen LogP) is 3.55. The molecule has 0 atom stereocenters. The van der Waals surface area contributed by atoms with E-state index in [4.69, 9.17) is 9.15 Å². The van der Waals surface area contributed by atoms with E-state index in [0.717, 1.165) is 26.1 Å². The Bertz CT molecular complexity index is 911. The molecule has 0 aliphatic carbocycles. The number of fused-ring (bicyclic) bond motifs is 1. The molecule has 2 heterocycles. The maximum atomic E-state index is 13.4. The van der Waals surface area contributed by atoms with Crippen molar-refractivity contribution in [2.75, 3.05) is 39.3 Å². The van der Waals surface area contributed by atoms with Crippen molar-refractivity contribution in [1.82, 2.24) is 15.1 Å². The number of halogens is 1. The van der Waals surface area contributed by atoms with Gasteiger partial charge < -0.3 is 19.4 Å². The van der Waals surface area contributed by atoms with E-state index in [1.165, 1.54) is 18.2 Å². The molecule has 3 rings (SSSR count). The van der Waals surface area contributed by atoms with Gasteiger partial charge in [0.1, 0.15) is 17.0 Å². The summed E-state index contributed by atoms with van der Waals surface area (Å²) in [6, 6.07) is 4.22. The van der Waals surface area contributed by atoms with Crippen molar-refractivity contribution in [3.63, 3.8) is 0 Å². The van der Waals surface area contributed by atoms with E-state index in [9.17, 15) is 14.0 Å². The zero-order valence-corrected chi connectivity index (χ0v) is 18.1. The fourth-order valence-electron chi connectivity index (χ4n) is 3.48. The second kappa shape index (κ2) is 9.04. The largest absolute Gasteiger partial charge is 0.451 e. The summed E-state index contributed by atoms with van der Waals surface area (Å²) in [6.07, 6.45) is 0.516. The first-order valence-electron chi connectivity index (χ1n) is 10.3. The molecule has 0 unspecified atom stereocenters. The topological polar surface area (TPSA) is 75.0 Å². The quantitative estimate of drug-likeness (QED) is 0.750. The highest BCUT2D eigenvalue weighted by atomic mass is 19.1. The number of nitrogens with zero attached hydrogens (tertiary/aromatic N) is 2. The van der Waals surface area contributed by atoms with Gasteiger partial charge in [-0.3, -0.25) is 9.69 Å². The van der Waals surface area contributed by atoms with Gasteiger partial charge in [-0.25, -0.2) is 9.18 Å². The Morgan fingerprint density at radius 1 is 1.20 bits per heavy atom. The lowest BCUT2D eigenvalue weighted by molar-refractivity contribution is 0.0144. The van der Waals surface area contributed by atoms with Crippen LogP contribution in [0.3, 0.4) is 0 Å². The molecule has 1 aromatic heterocycles. The van der Waals surface area contributed by atoms with Crippen LogP contribution in [0.25, 0.3) is 11.0 Å². The molecule has 0 radical (unpaired) electrons. The summed E-state index contributed by atoms with van der Waals surface area (Å²) in [5.41, 5.74) is 0.654. The zero-order chi connectivity index (χ0) is 21.9. The van der Waals surface area contributed by atoms with Gasteiger partial charge in [0, 0.05) is 43.7 Å². The fraction of sp³-hybridized carbons (Fsp3) is 0.545. The summed E-state index contributed by atoms with van der Waals surface area (Å²) >= 11 is 0. The lowest BCUT2D eigenvalue weighted by Crippen LogP contribution is -2.50. The Hall–Kier alpha value is -2.61. The second-order valence-electron chi connectivity index (χ2n) is 8.62. The number of benzene rings is 1. The number of carbonyl (C=O) groups is 2. The van der Waals surface area contributed by atoms with Gasteiger partial charge in [-0.05, 0) is 58.9 Å². The van der Waals surface area contributed by atoms with Crippen LogP contribution in [0.4, 0.5) is 9.18 Å². The van der Waals surface area contributed by atoms with Crippen molar-refractivity contribution in [3.8, 4) is 0 Å². The Labute approximate surface area is 176 Å². The molecule has 1 N–H and O–H groups in total. The van der Waals surface area contributed by atoms with E-state index in [0.29, 0.717) is 36.2 Å². The monoisotopic (exact) mass is 419 g/mol. The number of amides is 2. The zero-order valence-electron chi connectivity index (χ0n) is 18.1. The average molecular weight is 419 g/mol. The summed E-state index contributed by atoms with van der Waals surface area (Å²) in [5, 5.41) is 3.48. The molecule has 0 saturated carbocycles. The highest BCUT2D eigenvalue weighted by molar-refractivity contribution is 5.98. The van der Waals surface area contributed by atoms with Crippen LogP contribution in [0.15, 0.2) is 22.6 Å². The number of rotatable bonds is 5. The number of hydrogen-bond acceptors (Lipinski definition) is 5. The van der Waals surface area contributed by atoms with Crippen LogP contribution in [0.1, 0.15) is 43.3 Å². The number of aryl methyl sites for hydroxylation is 1. The molecule has 1 aliphatic rings. The summed E-state index contributed by atoms with van der Waals surface area (Å²) in [6.45, 7) is 11.5. The molecular formula is C22H30FN3O4. The van der Waals surface area contributed by atoms with Crippen molar-refractivity contribution in [2.24, 2.45) is 0 Å².